The Morgan fingerprint density at radius 3 is 2.88 bits per heavy atom. The molecule has 0 bridgehead atoms. The molecule has 0 atom stereocenters. The molecular formula is C22H26N2O. The van der Waals surface area contributed by atoms with Crippen molar-refractivity contribution in [2.75, 3.05) is 6.54 Å². The lowest BCUT2D eigenvalue weighted by molar-refractivity contribution is 0.0946. The zero-order valence-electron chi connectivity index (χ0n) is 14.3. The first kappa shape index (κ1) is 14.9. The van der Waals surface area contributed by atoms with Gasteiger partial charge in [0.25, 0.3) is 5.91 Å². The van der Waals surface area contributed by atoms with Gasteiger partial charge in [0.1, 0.15) is 0 Å². The first-order chi connectivity index (χ1) is 12.3. The van der Waals surface area contributed by atoms with Gasteiger partial charge in [-0.15, -0.1) is 0 Å². The first-order valence-corrected chi connectivity index (χ1v) is 9.39. The number of carbonyl (C=O) groups excluding carboxylic acids is 1. The lowest BCUT2D eigenvalue weighted by atomic mass is 9.82. The molecule has 1 aromatic carbocycles. The summed E-state index contributed by atoms with van der Waals surface area (Å²) in [7, 11) is 0. The molecule has 0 spiro atoms. The maximum Gasteiger partial charge on any atom is 0.251 e. The molecule has 1 fully saturated rings. The standard InChI is InChI=1S/C22H22N2O.2H2/c25-22-19-6-4-15(13-16(19)10-11-23-22)18-8-9-21-20(18)7-5-17(24-21)12-14-2-1-3-14;;/h4-8,13-14H,1-3,9-12H2,(H,23,25);2*1H. The van der Waals surface area contributed by atoms with Crippen molar-refractivity contribution in [1.29, 1.82) is 0 Å². The van der Waals surface area contributed by atoms with Gasteiger partial charge in [0.05, 0.1) is 5.69 Å². The normalized spacial score (nSPS) is 18.9. The van der Waals surface area contributed by atoms with E-state index in [1.807, 2.05) is 6.07 Å². The molecule has 1 aliphatic heterocycles. The van der Waals surface area contributed by atoms with Crippen LogP contribution in [0, 0.1) is 5.92 Å². The SMILES string of the molecule is O=C1NCCc2cc(C3=CCc4nc(CC5CCC5)ccc43)ccc21.[HH].[HH]. The molecule has 1 amide bonds. The van der Waals surface area contributed by atoms with Gasteiger partial charge in [0, 0.05) is 32.6 Å². The molecule has 5 rings (SSSR count). The van der Waals surface area contributed by atoms with Crippen LogP contribution < -0.4 is 5.32 Å². The van der Waals surface area contributed by atoms with Crippen molar-refractivity contribution in [2.24, 2.45) is 5.92 Å². The number of hydrogen-bond acceptors (Lipinski definition) is 2. The van der Waals surface area contributed by atoms with Gasteiger partial charge >= 0.3 is 0 Å². The maximum absolute atomic E-state index is 11.9. The van der Waals surface area contributed by atoms with Crippen LogP contribution in [0.15, 0.2) is 36.4 Å². The van der Waals surface area contributed by atoms with E-state index in [1.165, 1.54) is 47.4 Å². The van der Waals surface area contributed by atoms with Gasteiger partial charge in [0.15, 0.2) is 0 Å². The molecule has 1 saturated carbocycles. The second kappa shape index (κ2) is 5.83. The second-order valence-corrected chi connectivity index (χ2v) is 7.50. The molecule has 3 heteroatoms. The fourth-order valence-corrected chi connectivity index (χ4v) is 4.23. The van der Waals surface area contributed by atoms with E-state index < -0.39 is 0 Å². The molecule has 0 unspecified atom stereocenters. The number of rotatable bonds is 3. The number of pyridine rings is 1. The molecule has 1 N–H and O–H groups in total. The lowest BCUT2D eigenvalue weighted by Crippen LogP contribution is -2.31. The van der Waals surface area contributed by atoms with Gasteiger partial charge in [-0.05, 0) is 47.6 Å². The number of fused-ring (bicyclic) bond motifs is 2. The Morgan fingerprint density at radius 1 is 1.16 bits per heavy atom. The molecule has 2 aliphatic carbocycles. The molecule has 130 valence electrons. The third-order valence-electron chi connectivity index (χ3n) is 5.88. The molecule has 25 heavy (non-hydrogen) atoms. The molecule has 0 radical (unpaired) electrons. The van der Waals surface area contributed by atoms with Gasteiger partial charge in [-0.25, -0.2) is 0 Å². The molecular weight excluding hydrogens is 308 g/mol. The Bertz CT molecular complexity index is 903. The second-order valence-electron chi connectivity index (χ2n) is 7.50. The average molecular weight is 334 g/mol. The van der Waals surface area contributed by atoms with E-state index in [0.29, 0.717) is 0 Å². The summed E-state index contributed by atoms with van der Waals surface area (Å²) >= 11 is 0. The molecule has 3 nitrogen and oxygen atoms in total. The summed E-state index contributed by atoms with van der Waals surface area (Å²) in [6.07, 6.45) is 9.37. The Morgan fingerprint density at radius 2 is 2.04 bits per heavy atom. The monoisotopic (exact) mass is 334 g/mol. The summed E-state index contributed by atoms with van der Waals surface area (Å²) in [6.45, 7) is 0.733. The fraction of sp³-hybridized carbons (Fsp3) is 0.364. The van der Waals surface area contributed by atoms with E-state index in [9.17, 15) is 4.79 Å². The Balaban J connectivity index is 0.00000105. The van der Waals surface area contributed by atoms with Crippen LogP contribution in [-0.2, 0) is 19.3 Å². The van der Waals surface area contributed by atoms with Gasteiger partial charge in [-0.1, -0.05) is 43.5 Å². The van der Waals surface area contributed by atoms with E-state index in [-0.39, 0.29) is 8.76 Å². The number of hydrogen-bond donors (Lipinski definition) is 1. The van der Waals surface area contributed by atoms with E-state index >= 15 is 0 Å². The van der Waals surface area contributed by atoms with Gasteiger partial charge < -0.3 is 5.32 Å². The van der Waals surface area contributed by atoms with Crippen molar-refractivity contribution >= 4 is 11.5 Å². The van der Waals surface area contributed by atoms with Crippen LogP contribution in [0.3, 0.4) is 0 Å². The molecule has 0 saturated heterocycles. The summed E-state index contributed by atoms with van der Waals surface area (Å²) < 4.78 is 0. The zero-order valence-corrected chi connectivity index (χ0v) is 14.3. The van der Waals surface area contributed by atoms with Gasteiger partial charge in [-0.2, -0.15) is 0 Å². The first-order valence-electron chi connectivity index (χ1n) is 9.39. The number of nitrogens with zero attached hydrogens (tertiary/aromatic N) is 1. The number of amides is 1. The summed E-state index contributed by atoms with van der Waals surface area (Å²) in [5.74, 6) is 0.905. The number of benzene rings is 1. The summed E-state index contributed by atoms with van der Waals surface area (Å²) in [4.78, 5) is 16.9. The van der Waals surface area contributed by atoms with Gasteiger partial charge in [0.2, 0.25) is 0 Å². The van der Waals surface area contributed by atoms with Crippen LogP contribution in [0.4, 0.5) is 0 Å². The average Bonchev–Trinajstić information content (AvgIpc) is 3.01. The van der Waals surface area contributed by atoms with E-state index in [4.69, 9.17) is 4.98 Å². The highest BCUT2D eigenvalue weighted by Crippen LogP contribution is 2.34. The molecule has 3 aliphatic rings. The zero-order chi connectivity index (χ0) is 16.8. The maximum atomic E-state index is 11.9. The van der Waals surface area contributed by atoms with Gasteiger partial charge in [-0.3, -0.25) is 9.78 Å². The van der Waals surface area contributed by atoms with Crippen LogP contribution in [-0.4, -0.2) is 17.4 Å². The largest absolute Gasteiger partial charge is 0.352 e. The van der Waals surface area contributed by atoms with Crippen LogP contribution in [0.5, 0.6) is 0 Å². The minimum absolute atomic E-state index is 0. The quantitative estimate of drug-likeness (QED) is 0.914. The Hall–Kier alpha value is -2.42. The highest BCUT2D eigenvalue weighted by Gasteiger charge is 2.23. The predicted octanol–water partition coefficient (Wildman–Crippen LogP) is 4.19. The third kappa shape index (κ3) is 2.58. The van der Waals surface area contributed by atoms with Crippen molar-refractivity contribution in [3.8, 4) is 0 Å². The van der Waals surface area contributed by atoms with Crippen molar-refractivity contribution in [3.05, 3.63) is 70.0 Å². The summed E-state index contributed by atoms with van der Waals surface area (Å²) in [5.41, 5.74) is 8.18. The van der Waals surface area contributed by atoms with E-state index in [0.717, 1.165) is 42.9 Å². The smallest absolute Gasteiger partial charge is 0.251 e. The number of aromatic nitrogens is 1. The van der Waals surface area contributed by atoms with Crippen LogP contribution in [0.25, 0.3) is 5.57 Å². The third-order valence-corrected chi connectivity index (χ3v) is 5.88. The summed E-state index contributed by atoms with van der Waals surface area (Å²) in [5, 5.41) is 2.91. The highest BCUT2D eigenvalue weighted by molar-refractivity contribution is 5.97. The van der Waals surface area contributed by atoms with Crippen LogP contribution in [0.2, 0.25) is 0 Å². The minimum atomic E-state index is 0. The summed E-state index contributed by atoms with van der Waals surface area (Å²) in [6, 6.07) is 10.7. The van der Waals surface area contributed by atoms with E-state index in [2.05, 4.69) is 35.7 Å². The number of nitrogens with one attached hydrogen (secondary N) is 1. The van der Waals surface area contributed by atoms with Crippen LogP contribution in [0.1, 0.15) is 60.6 Å². The van der Waals surface area contributed by atoms with Crippen molar-refractivity contribution < 1.29 is 7.65 Å². The predicted molar refractivity (Wildman–Crippen MR) is 103 cm³/mol. The van der Waals surface area contributed by atoms with E-state index in [1.54, 1.807) is 0 Å². The molecule has 1 aromatic heterocycles. The van der Waals surface area contributed by atoms with Crippen molar-refractivity contribution in [2.45, 2.75) is 38.5 Å². The van der Waals surface area contributed by atoms with Crippen LogP contribution >= 0.6 is 0 Å². The van der Waals surface area contributed by atoms with Crippen molar-refractivity contribution in [1.82, 2.24) is 10.3 Å². The number of carbonyl (C=O) groups is 1. The molecule has 2 heterocycles. The Labute approximate surface area is 151 Å². The molecule has 2 aromatic rings. The highest BCUT2D eigenvalue weighted by atomic mass is 16.1. The Kier molecular flexibility index (Phi) is 3.47. The topological polar surface area (TPSA) is 42.0 Å². The minimum Gasteiger partial charge on any atom is -0.352 e. The lowest BCUT2D eigenvalue weighted by Gasteiger charge is -2.25. The fourth-order valence-electron chi connectivity index (χ4n) is 4.23. The number of allylic oxidation sites excluding steroid dienone is 1. The van der Waals surface area contributed by atoms with Crippen molar-refractivity contribution in [3.63, 3.8) is 0 Å².